The Bertz CT molecular complexity index is 361. The fourth-order valence-electron chi connectivity index (χ4n) is 1.75. The second-order valence-corrected chi connectivity index (χ2v) is 4.77. The molecule has 1 aromatic rings. The quantitative estimate of drug-likeness (QED) is 0.730. The van der Waals surface area contributed by atoms with Crippen molar-refractivity contribution in [2.45, 2.75) is 19.9 Å². The molecule has 1 aliphatic heterocycles. The number of carbonyl (C=O) groups is 1. The van der Waals surface area contributed by atoms with Gasteiger partial charge < -0.3 is 9.64 Å². The maximum Gasteiger partial charge on any atom is 0.264 e. The molecule has 82 valence electrons. The van der Waals surface area contributed by atoms with Crippen molar-refractivity contribution in [3.63, 3.8) is 0 Å². The number of ether oxygens (including phenoxy) is 1. The summed E-state index contributed by atoms with van der Waals surface area (Å²) in [5.41, 5.74) is 1.07. The van der Waals surface area contributed by atoms with Crippen molar-refractivity contribution >= 4 is 17.2 Å². The molecule has 0 radical (unpaired) electrons. The number of thiophene rings is 1. The molecule has 4 heteroatoms. The summed E-state index contributed by atoms with van der Waals surface area (Å²) in [7, 11) is 0. The van der Waals surface area contributed by atoms with Gasteiger partial charge in [0.15, 0.2) is 0 Å². The zero-order valence-corrected chi connectivity index (χ0v) is 9.84. The van der Waals surface area contributed by atoms with E-state index >= 15 is 0 Å². The molecule has 1 aromatic heterocycles. The first-order chi connectivity index (χ1) is 7.20. The zero-order valence-electron chi connectivity index (χ0n) is 9.03. The highest BCUT2D eigenvalue weighted by atomic mass is 32.1. The molecule has 0 saturated carbocycles. The van der Waals surface area contributed by atoms with Gasteiger partial charge in [0.1, 0.15) is 0 Å². The lowest BCUT2D eigenvalue weighted by Gasteiger charge is -2.33. The summed E-state index contributed by atoms with van der Waals surface area (Å²) in [6.45, 7) is 6.02. The first-order valence-corrected chi connectivity index (χ1v) is 6.01. The molecule has 0 bridgehead atoms. The maximum absolute atomic E-state index is 12.2. The Kier molecular flexibility index (Phi) is 3.07. The van der Waals surface area contributed by atoms with Gasteiger partial charge in [-0.3, -0.25) is 4.79 Å². The Labute approximate surface area is 93.7 Å². The van der Waals surface area contributed by atoms with Gasteiger partial charge in [-0.25, -0.2) is 0 Å². The number of aryl methyl sites for hydroxylation is 1. The van der Waals surface area contributed by atoms with Crippen LogP contribution in [-0.4, -0.2) is 36.6 Å². The third-order valence-corrected chi connectivity index (χ3v) is 3.69. The van der Waals surface area contributed by atoms with Crippen LogP contribution in [0.5, 0.6) is 0 Å². The SMILES string of the molecule is Cc1ccsc1C(=O)N1CCOCC1C. The van der Waals surface area contributed by atoms with Gasteiger partial charge >= 0.3 is 0 Å². The Morgan fingerprint density at radius 2 is 2.47 bits per heavy atom. The van der Waals surface area contributed by atoms with E-state index in [2.05, 4.69) is 0 Å². The largest absolute Gasteiger partial charge is 0.377 e. The highest BCUT2D eigenvalue weighted by molar-refractivity contribution is 7.12. The normalized spacial score (nSPS) is 21.7. The van der Waals surface area contributed by atoms with Crippen LogP contribution in [0.1, 0.15) is 22.2 Å². The van der Waals surface area contributed by atoms with Gasteiger partial charge in [-0.2, -0.15) is 0 Å². The number of hydrogen-bond acceptors (Lipinski definition) is 3. The predicted octanol–water partition coefficient (Wildman–Crippen LogP) is 1.92. The number of carbonyl (C=O) groups excluding carboxylic acids is 1. The van der Waals surface area contributed by atoms with Gasteiger partial charge in [-0.05, 0) is 30.9 Å². The van der Waals surface area contributed by atoms with Crippen LogP contribution in [0, 0.1) is 6.92 Å². The van der Waals surface area contributed by atoms with E-state index in [0.29, 0.717) is 19.8 Å². The van der Waals surface area contributed by atoms with Gasteiger partial charge in [0.25, 0.3) is 5.91 Å². The molecule has 1 atom stereocenters. The third-order valence-electron chi connectivity index (χ3n) is 2.68. The van der Waals surface area contributed by atoms with E-state index < -0.39 is 0 Å². The van der Waals surface area contributed by atoms with Crippen LogP contribution in [0.2, 0.25) is 0 Å². The van der Waals surface area contributed by atoms with E-state index in [0.717, 1.165) is 10.4 Å². The monoisotopic (exact) mass is 225 g/mol. The summed E-state index contributed by atoms with van der Waals surface area (Å²) in [6.07, 6.45) is 0. The van der Waals surface area contributed by atoms with E-state index in [1.54, 1.807) is 0 Å². The average molecular weight is 225 g/mol. The number of amides is 1. The third kappa shape index (κ3) is 2.06. The maximum atomic E-state index is 12.2. The van der Waals surface area contributed by atoms with Crippen molar-refractivity contribution in [3.8, 4) is 0 Å². The highest BCUT2D eigenvalue weighted by Crippen LogP contribution is 2.20. The van der Waals surface area contributed by atoms with Crippen LogP contribution in [0.4, 0.5) is 0 Å². The van der Waals surface area contributed by atoms with Crippen molar-refractivity contribution in [1.29, 1.82) is 0 Å². The summed E-state index contributed by atoms with van der Waals surface area (Å²) in [5.74, 6) is 0.151. The zero-order chi connectivity index (χ0) is 10.8. The van der Waals surface area contributed by atoms with Gasteiger partial charge in [0.05, 0.1) is 24.1 Å². The Morgan fingerprint density at radius 3 is 3.07 bits per heavy atom. The summed E-state index contributed by atoms with van der Waals surface area (Å²) in [4.78, 5) is 14.9. The van der Waals surface area contributed by atoms with Crippen LogP contribution in [0.3, 0.4) is 0 Å². The molecule has 1 saturated heterocycles. The molecule has 3 nitrogen and oxygen atoms in total. The lowest BCUT2D eigenvalue weighted by atomic mass is 10.2. The summed E-state index contributed by atoms with van der Waals surface area (Å²) < 4.78 is 5.32. The van der Waals surface area contributed by atoms with Crippen LogP contribution in [0.25, 0.3) is 0 Å². The van der Waals surface area contributed by atoms with Crippen LogP contribution >= 0.6 is 11.3 Å². The topological polar surface area (TPSA) is 29.5 Å². The average Bonchev–Trinajstić information content (AvgIpc) is 2.64. The molecule has 0 aromatic carbocycles. The lowest BCUT2D eigenvalue weighted by Crippen LogP contribution is -2.47. The number of nitrogens with zero attached hydrogens (tertiary/aromatic N) is 1. The molecular weight excluding hydrogens is 210 g/mol. The molecule has 2 rings (SSSR count). The predicted molar refractivity (Wildman–Crippen MR) is 60.4 cm³/mol. The van der Waals surface area contributed by atoms with Crippen LogP contribution < -0.4 is 0 Å². The van der Waals surface area contributed by atoms with Crippen molar-refractivity contribution in [2.75, 3.05) is 19.8 Å². The van der Waals surface area contributed by atoms with Gasteiger partial charge in [-0.15, -0.1) is 11.3 Å². The van der Waals surface area contributed by atoms with E-state index in [-0.39, 0.29) is 11.9 Å². The standard InChI is InChI=1S/C11H15NO2S/c1-8-3-6-15-10(8)11(13)12-4-5-14-7-9(12)2/h3,6,9H,4-5,7H2,1-2H3. The molecule has 1 aliphatic rings. The fourth-order valence-corrected chi connectivity index (χ4v) is 2.63. The number of morpholine rings is 1. The van der Waals surface area contributed by atoms with Crippen molar-refractivity contribution in [2.24, 2.45) is 0 Å². The van der Waals surface area contributed by atoms with E-state index in [1.807, 2.05) is 30.2 Å². The van der Waals surface area contributed by atoms with Crippen molar-refractivity contribution in [3.05, 3.63) is 21.9 Å². The Morgan fingerprint density at radius 1 is 1.67 bits per heavy atom. The molecule has 2 heterocycles. The first-order valence-electron chi connectivity index (χ1n) is 5.13. The second kappa shape index (κ2) is 4.33. The second-order valence-electron chi connectivity index (χ2n) is 3.86. The summed E-state index contributed by atoms with van der Waals surface area (Å²) >= 11 is 1.52. The molecule has 1 unspecified atom stereocenters. The minimum absolute atomic E-state index is 0.151. The molecule has 1 fully saturated rings. The summed E-state index contributed by atoms with van der Waals surface area (Å²) in [5, 5.41) is 1.97. The lowest BCUT2D eigenvalue weighted by molar-refractivity contribution is 0.00383. The van der Waals surface area contributed by atoms with Crippen molar-refractivity contribution < 1.29 is 9.53 Å². The van der Waals surface area contributed by atoms with Gasteiger partial charge in [0, 0.05) is 6.54 Å². The minimum Gasteiger partial charge on any atom is -0.377 e. The van der Waals surface area contributed by atoms with Crippen molar-refractivity contribution in [1.82, 2.24) is 4.90 Å². The molecular formula is C11H15NO2S. The molecule has 15 heavy (non-hydrogen) atoms. The molecule has 0 spiro atoms. The van der Waals surface area contributed by atoms with E-state index in [9.17, 15) is 4.79 Å². The first kappa shape index (κ1) is 10.6. The molecule has 0 aliphatic carbocycles. The van der Waals surface area contributed by atoms with Gasteiger partial charge in [0.2, 0.25) is 0 Å². The Hall–Kier alpha value is -0.870. The number of hydrogen-bond donors (Lipinski definition) is 0. The van der Waals surface area contributed by atoms with Crippen LogP contribution in [0.15, 0.2) is 11.4 Å². The molecule has 1 amide bonds. The Balaban J connectivity index is 2.17. The highest BCUT2D eigenvalue weighted by Gasteiger charge is 2.26. The van der Waals surface area contributed by atoms with Gasteiger partial charge in [-0.1, -0.05) is 0 Å². The fraction of sp³-hybridized carbons (Fsp3) is 0.545. The van der Waals surface area contributed by atoms with Crippen LogP contribution in [-0.2, 0) is 4.74 Å². The van der Waals surface area contributed by atoms with E-state index in [4.69, 9.17) is 4.74 Å². The molecule has 0 N–H and O–H groups in total. The minimum atomic E-state index is 0.151. The smallest absolute Gasteiger partial charge is 0.264 e. The number of rotatable bonds is 1. The van der Waals surface area contributed by atoms with E-state index in [1.165, 1.54) is 11.3 Å². The summed E-state index contributed by atoms with van der Waals surface area (Å²) in [6, 6.07) is 2.18.